The molecule has 0 radical (unpaired) electrons. The average molecular weight is 212 g/mol. The molecule has 0 aromatic carbocycles. The Bertz CT molecular complexity index is 237. The van der Waals surface area contributed by atoms with Crippen LogP contribution in [0.15, 0.2) is 0 Å². The van der Waals surface area contributed by atoms with Crippen molar-refractivity contribution >= 4 is 5.97 Å². The fourth-order valence-corrected chi connectivity index (χ4v) is 3.00. The number of carboxylic acid groups (broad SMARTS) is 1. The fourth-order valence-electron chi connectivity index (χ4n) is 3.00. The van der Waals surface area contributed by atoms with Crippen molar-refractivity contribution in [2.75, 3.05) is 26.7 Å². The number of carbonyl (C=O) groups is 1. The number of hydrogen-bond acceptors (Lipinski definition) is 3. The van der Waals surface area contributed by atoms with E-state index in [9.17, 15) is 4.79 Å². The normalized spacial score (nSPS) is 36.5. The van der Waals surface area contributed by atoms with Gasteiger partial charge in [0.15, 0.2) is 0 Å². The minimum atomic E-state index is -0.714. The molecule has 86 valence electrons. The molecule has 0 saturated carbocycles. The van der Waals surface area contributed by atoms with Crippen LogP contribution in [0.3, 0.4) is 0 Å². The Labute approximate surface area is 90.6 Å². The van der Waals surface area contributed by atoms with Crippen molar-refractivity contribution in [1.29, 1.82) is 0 Å². The van der Waals surface area contributed by atoms with Gasteiger partial charge in [0.1, 0.15) is 6.04 Å². The number of aliphatic carboxylic acids is 1. The molecular formula is C11H20N2O2. The van der Waals surface area contributed by atoms with Gasteiger partial charge in [-0.3, -0.25) is 4.79 Å². The van der Waals surface area contributed by atoms with Gasteiger partial charge in [0.2, 0.25) is 0 Å². The van der Waals surface area contributed by atoms with Crippen LogP contribution in [-0.2, 0) is 4.79 Å². The van der Waals surface area contributed by atoms with Crippen LogP contribution >= 0.6 is 0 Å². The highest BCUT2D eigenvalue weighted by Crippen LogP contribution is 2.34. The van der Waals surface area contributed by atoms with Gasteiger partial charge >= 0.3 is 5.97 Å². The maximum atomic E-state index is 10.9. The molecule has 3 saturated heterocycles. The standard InChI is InChI=1S/C11H20N2O2/c1-12-10(11(14)15)6-9-7-13-4-2-8(9)3-5-13/h8-10,12H,2-7H2,1H3,(H,14,15). The van der Waals surface area contributed by atoms with Crippen molar-refractivity contribution in [3.63, 3.8) is 0 Å². The van der Waals surface area contributed by atoms with Gasteiger partial charge in [-0.05, 0) is 51.2 Å². The second-order valence-corrected chi connectivity index (χ2v) is 4.81. The van der Waals surface area contributed by atoms with Crippen LogP contribution in [0.2, 0.25) is 0 Å². The average Bonchev–Trinajstić information content (AvgIpc) is 2.27. The van der Waals surface area contributed by atoms with E-state index < -0.39 is 5.97 Å². The van der Waals surface area contributed by atoms with Crippen LogP contribution in [0.5, 0.6) is 0 Å². The summed E-state index contributed by atoms with van der Waals surface area (Å²) in [7, 11) is 1.74. The second kappa shape index (κ2) is 4.49. The Balaban J connectivity index is 1.91. The third kappa shape index (κ3) is 2.32. The maximum Gasteiger partial charge on any atom is 0.320 e. The fraction of sp³-hybridized carbons (Fsp3) is 0.909. The second-order valence-electron chi connectivity index (χ2n) is 4.81. The highest BCUT2D eigenvalue weighted by atomic mass is 16.4. The zero-order valence-corrected chi connectivity index (χ0v) is 9.28. The lowest BCUT2D eigenvalue weighted by atomic mass is 9.76. The molecule has 3 rings (SSSR count). The summed E-state index contributed by atoms with van der Waals surface area (Å²) in [6, 6.07) is -0.365. The Hall–Kier alpha value is -0.610. The molecule has 0 spiro atoms. The molecule has 2 atom stereocenters. The molecule has 2 bridgehead atoms. The Morgan fingerprint density at radius 1 is 1.53 bits per heavy atom. The first kappa shape index (κ1) is 10.9. The smallest absolute Gasteiger partial charge is 0.320 e. The van der Waals surface area contributed by atoms with Gasteiger partial charge in [0.25, 0.3) is 0 Å². The summed E-state index contributed by atoms with van der Waals surface area (Å²) in [6.45, 7) is 3.55. The summed E-state index contributed by atoms with van der Waals surface area (Å²) in [5.41, 5.74) is 0. The molecule has 4 heteroatoms. The minimum Gasteiger partial charge on any atom is -0.480 e. The van der Waals surface area contributed by atoms with Gasteiger partial charge in [-0.2, -0.15) is 0 Å². The Kier molecular flexibility index (Phi) is 3.26. The number of hydrogen-bond donors (Lipinski definition) is 2. The lowest BCUT2D eigenvalue weighted by molar-refractivity contribution is -0.140. The van der Waals surface area contributed by atoms with E-state index in [1.807, 2.05) is 0 Å². The molecule has 0 aromatic rings. The van der Waals surface area contributed by atoms with E-state index in [-0.39, 0.29) is 6.04 Å². The van der Waals surface area contributed by atoms with E-state index >= 15 is 0 Å². The summed E-state index contributed by atoms with van der Waals surface area (Å²) in [5.74, 6) is 0.639. The van der Waals surface area contributed by atoms with Crippen LogP contribution in [0, 0.1) is 11.8 Å². The first-order valence-corrected chi connectivity index (χ1v) is 5.83. The largest absolute Gasteiger partial charge is 0.480 e. The molecule has 3 fully saturated rings. The lowest BCUT2D eigenvalue weighted by Gasteiger charge is -2.45. The van der Waals surface area contributed by atoms with Crippen LogP contribution in [0.1, 0.15) is 19.3 Å². The van der Waals surface area contributed by atoms with E-state index in [1.165, 1.54) is 25.9 Å². The van der Waals surface area contributed by atoms with E-state index in [0.717, 1.165) is 18.9 Å². The zero-order chi connectivity index (χ0) is 10.8. The molecular weight excluding hydrogens is 192 g/mol. The van der Waals surface area contributed by atoms with Gasteiger partial charge in [-0.1, -0.05) is 0 Å². The summed E-state index contributed by atoms with van der Waals surface area (Å²) in [6.07, 6.45) is 3.31. The quantitative estimate of drug-likeness (QED) is 0.708. The van der Waals surface area contributed by atoms with E-state index in [1.54, 1.807) is 7.05 Å². The molecule has 0 amide bonds. The summed E-state index contributed by atoms with van der Waals surface area (Å²) < 4.78 is 0. The Morgan fingerprint density at radius 2 is 2.20 bits per heavy atom. The van der Waals surface area contributed by atoms with Crippen molar-refractivity contribution in [1.82, 2.24) is 10.2 Å². The molecule has 15 heavy (non-hydrogen) atoms. The topological polar surface area (TPSA) is 52.6 Å². The zero-order valence-electron chi connectivity index (χ0n) is 9.28. The molecule has 2 unspecified atom stereocenters. The molecule has 0 aliphatic carbocycles. The monoisotopic (exact) mass is 212 g/mol. The number of rotatable bonds is 4. The number of nitrogens with zero attached hydrogens (tertiary/aromatic N) is 1. The SMILES string of the molecule is CNC(CC1CN2CCC1CC2)C(=O)O. The molecule has 3 aliphatic rings. The van der Waals surface area contributed by atoms with Crippen LogP contribution in [-0.4, -0.2) is 48.7 Å². The highest BCUT2D eigenvalue weighted by Gasteiger charge is 2.36. The van der Waals surface area contributed by atoms with Gasteiger partial charge in [-0.15, -0.1) is 0 Å². The number of nitrogens with one attached hydrogen (secondary N) is 1. The number of carboxylic acids is 1. The third-order valence-electron chi connectivity index (χ3n) is 3.98. The van der Waals surface area contributed by atoms with Gasteiger partial charge < -0.3 is 15.3 Å². The van der Waals surface area contributed by atoms with Crippen molar-refractivity contribution in [2.45, 2.75) is 25.3 Å². The summed E-state index contributed by atoms with van der Waals surface area (Å²) in [4.78, 5) is 13.4. The number of likely N-dealkylation sites (N-methyl/N-ethyl adjacent to an activating group) is 1. The van der Waals surface area contributed by atoms with E-state index in [0.29, 0.717) is 5.92 Å². The van der Waals surface area contributed by atoms with Crippen molar-refractivity contribution in [3.8, 4) is 0 Å². The first-order valence-electron chi connectivity index (χ1n) is 5.83. The predicted molar refractivity (Wildman–Crippen MR) is 57.8 cm³/mol. The number of piperidine rings is 3. The van der Waals surface area contributed by atoms with E-state index in [4.69, 9.17) is 5.11 Å². The molecule has 3 aliphatic heterocycles. The van der Waals surface area contributed by atoms with Gasteiger partial charge in [-0.25, -0.2) is 0 Å². The minimum absolute atomic E-state index is 0.365. The molecule has 3 heterocycles. The lowest BCUT2D eigenvalue weighted by Crippen LogP contribution is -2.50. The first-order chi connectivity index (χ1) is 7.20. The highest BCUT2D eigenvalue weighted by molar-refractivity contribution is 5.73. The Morgan fingerprint density at radius 3 is 2.60 bits per heavy atom. The molecule has 4 nitrogen and oxygen atoms in total. The van der Waals surface area contributed by atoms with Crippen LogP contribution in [0.25, 0.3) is 0 Å². The van der Waals surface area contributed by atoms with E-state index in [2.05, 4.69) is 10.2 Å². The maximum absolute atomic E-state index is 10.9. The van der Waals surface area contributed by atoms with Gasteiger partial charge in [0.05, 0.1) is 0 Å². The number of fused-ring (bicyclic) bond motifs is 3. The summed E-state index contributed by atoms with van der Waals surface area (Å²) in [5, 5.41) is 11.9. The third-order valence-corrected chi connectivity index (χ3v) is 3.98. The molecule has 0 aromatic heterocycles. The predicted octanol–water partition coefficient (Wildman–Crippen LogP) is 0.391. The van der Waals surface area contributed by atoms with Crippen molar-refractivity contribution in [2.24, 2.45) is 11.8 Å². The molecule has 2 N–H and O–H groups in total. The van der Waals surface area contributed by atoms with Crippen molar-refractivity contribution in [3.05, 3.63) is 0 Å². The van der Waals surface area contributed by atoms with Crippen LogP contribution in [0.4, 0.5) is 0 Å². The van der Waals surface area contributed by atoms with Crippen molar-refractivity contribution < 1.29 is 9.90 Å². The summed E-state index contributed by atoms with van der Waals surface area (Å²) >= 11 is 0. The van der Waals surface area contributed by atoms with Crippen LogP contribution < -0.4 is 5.32 Å². The van der Waals surface area contributed by atoms with Gasteiger partial charge in [0, 0.05) is 6.54 Å².